The first-order chi connectivity index (χ1) is 10.0. The molecule has 1 unspecified atom stereocenters. The summed E-state index contributed by atoms with van der Waals surface area (Å²) in [5, 5.41) is 12.5. The molecule has 110 valence electrons. The molecule has 21 heavy (non-hydrogen) atoms. The Morgan fingerprint density at radius 1 is 1.19 bits per heavy atom. The number of methoxy groups -OCH3 is 1. The molecule has 0 aliphatic heterocycles. The Kier molecular flexibility index (Phi) is 5.25. The van der Waals surface area contributed by atoms with E-state index in [0.717, 1.165) is 10.2 Å². The average Bonchev–Trinajstić information content (AvgIpc) is 2.46. The van der Waals surface area contributed by atoms with Crippen molar-refractivity contribution in [2.24, 2.45) is 0 Å². The Balaban J connectivity index is 2.34. The van der Waals surface area contributed by atoms with Gasteiger partial charge in [0.25, 0.3) is 0 Å². The van der Waals surface area contributed by atoms with Crippen LogP contribution in [-0.2, 0) is 4.79 Å². The van der Waals surface area contributed by atoms with E-state index in [9.17, 15) is 9.90 Å². The van der Waals surface area contributed by atoms with Crippen LogP contribution in [-0.4, -0.2) is 18.2 Å². The van der Waals surface area contributed by atoms with Crippen molar-refractivity contribution in [2.45, 2.75) is 6.04 Å². The van der Waals surface area contributed by atoms with Crippen molar-refractivity contribution in [3.63, 3.8) is 0 Å². The third kappa shape index (κ3) is 3.77. The summed E-state index contributed by atoms with van der Waals surface area (Å²) in [4.78, 5) is 11.6. The number of carboxylic acid groups (broad SMARTS) is 1. The minimum Gasteiger partial charge on any atom is -0.496 e. The fourth-order valence-electron chi connectivity index (χ4n) is 1.88. The van der Waals surface area contributed by atoms with E-state index in [1.807, 2.05) is 24.3 Å². The molecule has 0 amide bonds. The van der Waals surface area contributed by atoms with Crippen LogP contribution >= 0.6 is 31.9 Å². The highest BCUT2D eigenvalue weighted by atomic mass is 79.9. The number of nitrogens with one attached hydrogen (secondary N) is 1. The lowest BCUT2D eigenvalue weighted by Crippen LogP contribution is -2.20. The zero-order chi connectivity index (χ0) is 15.4. The number of halogens is 2. The second-order valence-electron chi connectivity index (χ2n) is 4.29. The largest absolute Gasteiger partial charge is 0.496 e. The van der Waals surface area contributed by atoms with E-state index < -0.39 is 12.0 Å². The van der Waals surface area contributed by atoms with Gasteiger partial charge in [-0.3, -0.25) is 0 Å². The van der Waals surface area contributed by atoms with Crippen LogP contribution in [0.3, 0.4) is 0 Å². The summed E-state index contributed by atoms with van der Waals surface area (Å²) in [5.41, 5.74) is 1.35. The first-order valence-electron chi connectivity index (χ1n) is 6.10. The van der Waals surface area contributed by atoms with E-state index >= 15 is 0 Å². The van der Waals surface area contributed by atoms with Crippen LogP contribution in [0.25, 0.3) is 0 Å². The number of rotatable bonds is 5. The molecule has 2 rings (SSSR count). The number of para-hydroxylation sites is 1. The molecule has 0 spiro atoms. The zero-order valence-electron chi connectivity index (χ0n) is 11.1. The molecule has 0 aromatic heterocycles. The summed E-state index contributed by atoms with van der Waals surface area (Å²) < 4.78 is 6.68. The molecular weight excluding hydrogens is 402 g/mol. The Bertz CT molecular complexity index is 661. The molecule has 0 aliphatic rings. The molecule has 0 fully saturated rings. The van der Waals surface area contributed by atoms with Gasteiger partial charge in [0.2, 0.25) is 0 Å². The summed E-state index contributed by atoms with van der Waals surface area (Å²) in [6, 6.07) is 11.7. The molecule has 0 radical (unpaired) electrons. The Labute approximate surface area is 139 Å². The molecule has 0 bridgehead atoms. The average molecular weight is 415 g/mol. The van der Waals surface area contributed by atoms with Crippen molar-refractivity contribution in [1.29, 1.82) is 0 Å². The minimum absolute atomic E-state index is 0.630. The van der Waals surface area contributed by atoms with Gasteiger partial charge in [-0.25, -0.2) is 4.79 Å². The van der Waals surface area contributed by atoms with Gasteiger partial charge in [-0.05, 0) is 61.7 Å². The van der Waals surface area contributed by atoms with Gasteiger partial charge in [-0.1, -0.05) is 18.2 Å². The van der Waals surface area contributed by atoms with E-state index in [-0.39, 0.29) is 0 Å². The van der Waals surface area contributed by atoms with Crippen LogP contribution < -0.4 is 10.1 Å². The smallest absolute Gasteiger partial charge is 0.330 e. The van der Waals surface area contributed by atoms with Crippen LogP contribution in [0.4, 0.5) is 5.69 Å². The van der Waals surface area contributed by atoms with Gasteiger partial charge in [0, 0.05) is 10.2 Å². The van der Waals surface area contributed by atoms with Crippen molar-refractivity contribution in [3.05, 3.63) is 57.0 Å². The monoisotopic (exact) mass is 413 g/mol. The second-order valence-corrected chi connectivity index (χ2v) is 6.00. The Hall–Kier alpha value is -1.53. The molecule has 2 aromatic rings. The van der Waals surface area contributed by atoms with Crippen LogP contribution in [0.2, 0.25) is 0 Å². The van der Waals surface area contributed by atoms with Gasteiger partial charge < -0.3 is 15.2 Å². The lowest BCUT2D eigenvalue weighted by atomic mass is 10.1. The first-order valence-corrected chi connectivity index (χ1v) is 7.69. The lowest BCUT2D eigenvalue weighted by Gasteiger charge is -2.18. The van der Waals surface area contributed by atoms with Crippen LogP contribution in [0.1, 0.15) is 11.6 Å². The molecule has 1 atom stereocenters. The molecule has 4 nitrogen and oxygen atoms in total. The number of aliphatic carboxylic acids is 1. The maximum absolute atomic E-state index is 11.6. The minimum atomic E-state index is -0.956. The number of anilines is 1. The fraction of sp³-hybridized carbons (Fsp3) is 0.133. The third-order valence-corrected chi connectivity index (χ3v) is 4.24. The predicted octanol–water partition coefficient (Wildman–Crippen LogP) is 4.46. The summed E-state index contributed by atoms with van der Waals surface area (Å²) in [7, 11) is 1.56. The van der Waals surface area contributed by atoms with Gasteiger partial charge in [0.05, 0.1) is 11.6 Å². The summed E-state index contributed by atoms with van der Waals surface area (Å²) >= 11 is 6.77. The first kappa shape index (κ1) is 15.9. The number of ether oxygens (including phenoxy) is 1. The SMILES string of the molecule is COc1ccc(C(Nc2ccccc2Br)C(=O)O)cc1Br. The van der Waals surface area contributed by atoms with Crippen LogP contribution in [0.15, 0.2) is 51.4 Å². The van der Waals surface area contributed by atoms with E-state index in [1.165, 1.54) is 0 Å². The summed E-state index contributed by atoms with van der Waals surface area (Å²) in [6.45, 7) is 0. The maximum Gasteiger partial charge on any atom is 0.330 e. The number of benzene rings is 2. The van der Waals surface area contributed by atoms with Gasteiger partial charge in [-0.15, -0.1) is 0 Å². The molecule has 6 heteroatoms. The topological polar surface area (TPSA) is 58.6 Å². The number of carbonyl (C=O) groups is 1. The standard InChI is InChI=1S/C15H13Br2NO3/c1-21-13-7-6-9(8-11(13)17)14(15(19)20)18-12-5-3-2-4-10(12)16/h2-8,14,18H,1H3,(H,19,20). The van der Waals surface area contributed by atoms with Crippen molar-refractivity contribution >= 4 is 43.5 Å². The third-order valence-electron chi connectivity index (χ3n) is 2.93. The van der Waals surface area contributed by atoms with Crippen LogP contribution in [0, 0.1) is 0 Å². The number of carboxylic acids is 1. The van der Waals surface area contributed by atoms with Gasteiger partial charge >= 0.3 is 5.97 Å². The van der Waals surface area contributed by atoms with Gasteiger partial charge in [0.1, 0.15) is 5.75 Å². The number of hydrogen-bond acceptors (Lipinski definition) is 3. The zero-order valence-corrected chi connectivity index (χ0v) is 14.3. The molecule has 2 aromatic carbocycles. The maximum atomic E-state index is 11.6. The molecular formula is C15H13Br2NO3. The van der Waals surface area contributed by atoms with Gasteiger partial charge in [-0.2, -0.15) is 0 Å². The normalized spacial score (nSPS) is 11.8. The fourth-order valence-corrected chi connectivity index (χ4v) is 2.84. The van der Waals surface area contributed by atoms with Gasteiger partial charge in [0.15, 0.2) is 6.04 Å². The highest BCUT2D eigenvalue weighted by Crippen LogP contribution is 2.31. The molecule has 0 heterocycles. The van der Waals surface area contributed by atoms with Crippen molar-refractivity contribution in [2.75, 3.05) is 12.4 Å². The number of hydrogen-bond donors (Lipinski definition) is 2. The molecule has 2 N–H and O–H groups in total. The summed E-state index contributed by atoms with van der Waals surface area (Å²) in [5.74, 6) is -0.299. The van der Waals surface area contributed by atoms with Crippen LogP contribution in [0.5, 0.6) is 5.75 Å². The van der Waals surface area contributed by atoms with Crippen molar-refractivity contribution in [3.8, 4) is 5.75 Å². The van der Waals surface area contributed by atoms with E-state index in [0.29, 0.717) is 15.8 Å². The van der Waals surface area contributed by atoms with E-state index in [1.54, 1.807) is 25.3 Å². The van der Waals surface area contributed by atoms with Crippen molar-refractivity contribution in [1.82, 2.24) is 0 Å². The van der Waals surface area contributed by atoms with E-state index in [4.69, 9.17) is 4.74 Å². The highest BCUT2D eigenvalue weighted by Gasteiger charge is 2.21. The Morgan fingerprint density at radius 2 is 1.90 bits per heavy atom. The predicted molar refractivity (Wildman–Crippen MR) is 88.8 cm³/mol. The summed E-state index contributed by atoms with van der Waals surface area (Å²) in [6.07, 6.45) is 0. The molecule has 0 saturated heterocycles. The second kappa shape index (κ2) is 6.95. The highest BCUT2D eigenvalue weighted by molar-refractivity contribution is 9.11. The Morgan fingerprint density at radius 3 is 2.48 bits per heavy atom. The quantitative estimate of drug-likeness (QED) is 0.758. The van der Waals surface area contributed by atoms with Crippen molar-refractivity contribution < 1.29 is 14.6 Å². The molecule has 0 aliphatic carbocycles. The van der Waals surface area contributed by atoms with E-state index in [2.05, 4.69) is 37.2 Å². The molecule has 0 saturated carbocycles. The lowest BCUT2D eigenvalue weighted by molar-refractivity contribution is -0.138.